The van der Waals surface area contributed by atoms with Crippen LogP contribution in [0.4, 0.5) is 5.82 Å². The molecule has 1 saturated heterocycles. The summed E-state index contributed by atoms with van der Waals surface area (Å²) >= 11 is 1.99. The van der Waals surface area contributed by atoms with E-state index in [4.69, 9.17) is 5.73 Å². The van der Waals surface area contributed by atoms with Crippen LogP contribution in [0.5, 0.6) is 0 Å². The predicted molar refractivity (Wildman–Crippen MR) is 95.9 cm³/mol. The van der Waals surface area contributed by atoms with Gasteiger partial charge in [0.1, 0.15) is 5.82 Å². The quantitative estimate of drug-likeness (QED) is 0.788. The number of anilines is 1. The first-order valence-corrected chi connectivity index (χ1v) is 9.73. The van der Waals surface area contributed by atoms with Crippen LogP contribution in [0.2, 0.25) is 0 Å². The molecule has 126 valence electrons. The second-order valence-corrected chi connectivity index (χ2v) is 7.74. The summed E-state index contributed by atoms with van der Waals surface area (Å²) in [5.74, 6) is 3.04. The van der Waals surface area contributed by atoms with E-state index in [1.165, 1.54) is 11.5 Å². The average molecular weight is 334 g/mol. The van der Waals surface area contributed by atoms with Crippen LogP contribution in [0, 0.1) is 0 Å². The lowest BCUT2D eigenvalue weighted by Crippen LogP contribution is -2.40. The number of aromatic nitrogens is 1. The van der Waals surface area contributed by atoms with Gasteiger partial charge in [0.2, 0.25) is 0 Å². The lowest BCUT2D eigenvalue weighted by Gasteiger charge is -2.27. The standard InChI is InChI=1S/C17H26N4OS/c18-12-3-5-13(6-4-12)21-17(22)15-2-1-9-19-16(15)20-14-7-10-23-11-8-14/h1-2,9,12-14H,3-8,10-11,18H2,(H,19,20)(H,21,22)/t12-,13+. The van der Waals surface area contributed by atoms with E-state index in [1.54, 1.807) is 6.20 Å². The van der Waals surface area contributed by atoms with E-state index in [0.29, 0.717) is 17.6 Å². The van der Waals surface area contributed by atoms with Gasteiger partial charge in [-0.2, -0.15) is 11.8 Å². The fraction of sp³-hybridized carbons (Fsp3) is 0.647. The molecule has 1 aromatic heterocycles. The van der Waals surface area contributed by atoms with Gasteiger partial charge in [-0.1, -0.05) is 0 Å². The first kappa shape index (κ1) is 16.6. The zero-order chi connectivity index (χ0) is 16.1. The summed E-state index contributed by atoms with van der Waals surface area (Å²) < 4.78 is 0. The molecule has 3 rings (SSSR count). The van der Waals surface area contributed by atoms with Gasteiger partial charge in [-0.15, -0.1) is 0 Å². The topological polar surface area (TPSA) is 80.0 Å². The fourth-order valence-electron chi connectivity index (χ4n) is 3.27. The molecule has 1 amide bonds. The van der Waals surface area contributed by atoms with E-state index >= 15 is 0 Å². The molecule has 4 N–H and O–H groups in total. The Hall–Kier alpha value is -1.27. The van der Waals surface area contributed by atoms with Crippen LogP contribution >= 0.6 is 11.8 Å². The highest BCUT2D eigenvalue weighted by atomic mass is 32.2. The maximum absolute atomic E-state index is 12.6. The summed E-state index contributed by atoms with van der Waals surface area (Å²) in [5, 5.41) is 6.62. The van der Waals surface area contributed by atoms with Gasteiger partial charge in [-0.25, -0.2) is 4.98 Å². The van der Waals surface area contributed by atoms with Crippen molar-refractivity contribution in [2.45, 2.75) is 56.7 Å². The van der Waals surface area contributed by atoms with Gasteiger partial charge in [-0.05, 0) is 62.2 Å². The number of hydrogen-bond donors (Lipinski definition) is 3. The lowest BCUT2D eigenvalue weighted by molar-refractivity contribution is 0.0926. The minimum Gasteiger partial charge on any atom is -0.367 e. The number of amides is 1. The number of pyridine rings is 1. The minimum absolute atomic E-state index is 0.0220. The van der Waals surface area contributed by atoms with E-state index in [-0.39, 0.29) is 11.9 Å². The van der Waals surface area contributed by atoms with Crippen LogP contribution in [-0.4, -0.2) is 40.5 Å². The molecular formula is C17H26N4OS. The van der Waals surface area contributed by atoms with Crippen molar-refractivity contribution in [3.8, 4) is 0 Å². The Morgan fingerprint density at radius 3 is 2.61 bits per heavy atom. The Morgan fingerprint density at radius 2 is 1.87 bits per heavy atom. The third-order valence-corrected chi connectivity index (χ3v) is 5.77. The number of nitrogens with two attached hydrogens (primary N) is 1. The molecule has 0 unspecified atom stereocenters. The van der Waals surface area contributed by atoms with Gasteiger partial charge < -0.3 is 16.4 Å². The highest BCUT2D eigenvalue weighted by Gasteiger charge is 2.23. The number of nitrogens with zero attached hydrogens (tertiary/aromatic N) is 1. The highest BCUT2D eigenvalue weighted by molar-refractivity contribution is 7.99. The van der Waals surface area contributed by atoms with Crippen molar-refractivity contribution in [3.05, 3.63) is 23.9 Å². The molecule has 2 aliphatic rings. The summed E-state index contributed by atoms with van der Waals surface area (Å²) in [6.07, 6.45) is 7.92. The zero-order valence-electron chi connectivity index (χ0n) is 13.5. The van der Waals surface area contributed by atoms with Gasteiger partial charge >= 0.3 is 0 Å². The minimum atomic E-state index is -0.0220. The summed E-state index contributed by atoms with van der Waals surface area (Å²) in [5.41, 5.74) is 6.59. The summed E-state index contributed by atoms with van der Waals surface area (Å²) in [6, 6.07) is 4.64. The molecule has 5 nitrogen and oxygen atoms in total. The van der Waals surface area contributed by atoms with E-state index in [1.807, 2.05) is 23.9 Å². The molecule has 1 aliphatic heterocycles. The zero-order valence-corrected chi connectivity index (χ0v) is 14.3. The highest BCUT2D eigenvalue weighted by Crippen LogP contribution is 2.23. The number of carbonyl (C=O) groups is 1. The molecule has 1 aliphatic carbocycles. The van der Waals surface area contributed by atoms with Crippen LogP contribution in [0.1, 0.15) is 48.9 Å². The Bertz CT molecular complexity index is 525. The molecule has 2 fully saturated rings. The van der Waals surface area contributed by atoms with Gasteiger partial charge in [0, 0.05) is 24.3 Å². The SMILES string of the molecule is N[C@H]1CC[C@@H](NC(=O)c2cccnc2NC2CCSCC2)CC1. The second kappa shape index (κ2) is 8.02. The second-order valence-electron chi connectivity index (χ2n) is 6.52. The van der Waals surface area contributed by atoms with Crippen LogP contribution in [0.3, 0.4) is 0 Å². The van der Waals surface area contributed by atoms with Crippen molar-refractivity contribution in [3.63, 3.8) is 0 Å². The molecule has 0 aromatic carbocycles. The Balaban J connectivity index is 1.63. The largest absolute Gasteiger partial charge is 0.367 e. The predicted octanol–water partition coefficient (Wildman–Crippen LogP) is 2.39. The molecule has 6 heteroatoms. The van der Waals surface area contributed by atoms with Crippen LogP contribution < -0.4 is 16.4 Å². The molecule has 0 atom stereocenters. The first-order valence-electron chi connectivity index (χ1n) is 8.58. The third kappa shape index (κ3) is 4.61. The average Bonchev–Trinajstić information content (AvgIpc) is 2.58. The van der Waals surface area contributed by atoms with Gasteiger partial charge in [0.15, 0.2) is 0 Å². The monoisotopic (exact) mass is 334 g/mol. The molecule has 0 spiro atoms. The molecule has 23 heavy (non-hydrogen) atoms. The van der Waals surface area contributed by atoms with Crippen molar-refractivity contribution in [1.29, 1.82) is 0 Å². The maximum Gasteiger partial charge on any atom is 0.255 e. The lowest BCUT2D eigenvalue weighted by atomic mass is 9.91. The molecule has 0 radical (unpaired) electrons. The maximum atomic E-state index is 12.6. The number of hydrogen-bond acceptors (Lipinski definition) is 5. The molecule has 1 saturated carbocycles. The van der Waals surface area contributed by atoms with Crippen molar-refractivity contribution in [2.24, 2.45) is 5.73 Å². The van der Waals surface area contributed by atoms with Gasteiger partial charge in [-0.3, -0.25) is 4.79 Å². The Kier molecular flexibility index (Phi) is 5.78. The van der Waals surface area contributed by atoms with Crippen molar-refractivity contribution >= 4 is 23.5 Å². The fourth-order valence-corrected chi connectivity index (χ4v) is 4.37. The normalized spacial score (nSPS) is 25.8. The molecule has 2 heterocycles. The first-order chi connectivity index (χ1) is 11.2. The summed E-state index contributed by atoms with van der Waals surface area (Å²) in [4.78, 5) is 17.0. The van der Waals surface area contributed by atoms with E-state index in [9.17, 15) is 4.79 Å². The van der Waals surface area contributed by atoms with Crippen molar-refractivity contribution < 1.29 is 4.79 Å². The summed E-state index contributed by atoms with van der Waals surface area (Å²) in [6.45, 7) is 0. The van der Waals surface area contributed by atoms with E-state index in [2.05, 4.69) is 15.6 Å². The van der Waals surface area contributed by atoms with Gasteiger partial charge in [0.05, 0.1) is 5.56 Å². The van der Waals surface area contributed by atoms with Crippen molar-refractivity contribution in [2.75, 3.05) is 16.8 Å². The van der Waals surface area contributed by atoms with Crippen LogP contribution in [0.25, 0.3) is 0 Å². The number of carbonyl (C=O) groups excluding carboxylic acids is 1. The summed E-state index contributed by atoms with van der Waals surface area (Å²) in [7, 11) is 0. The molecule has 1 aromatic rings. The van der Waals surface area contributed by atoms with Crippen LogP contribution in [-0.2, 0) is 0 Å². The Morgan fingerprint density at radius 1 is 1.13 bits per heavy atom. The number of nitrogens with one attached hydrogen (secondary N) is 2. The van der Waals surface area contributed by atoms with E-state index < -0.39 is 0 Å². The third-order valence-electron chi connectivity index (χ3n) is 4.72. The van der Waals surface area contributed by atoms with E-state index in [0.717, 1.165) is 44.3 Å². The number of rotatable bonds is 4. The van der Waals surface area contributed by atoms with Crippen LogP contribution in [0.15, 0.2) is 18.3 Å². The Labute approximate surface area is 142 Å². The smallest absolute Gasteiger partial charge is 0.255 e. The van der Waals surface area contributed by atoms with Gasteiger partial charge in [0.25, 0.3) is 5.91 Å². The number of thioether (sulfide) groups is 1. The molecular weight excluding hydrogens is 308 g/mol. The molecule has 0 bridgehead atoms. The van der Waals surface area contributed by atoms with Crippen molar-refractivity contribution in [1.82, 2.24) is 10.3 Å².